The van der Waals surface area contributed by atoms with Gasteiger partial charge in [-0.2, -0.15) is 18.3 Å². The van der Waals surface area contributed by atoms with Crippen LogP contribution in [0.2, 0.25) is 5.02 Å². The summed E-state index contributed by atoms with van der Waals surface area (Å²) >= 11 is 6.17. The summed E-state index contributed by atoms with van der Waals surface area (Å²) < 4.78 is 43.9. The first-order valence-corrected chi connectivity index (χ1v) is 10.7. The Labute approximate surface area is 200 Å². The zero-order valence-electron chi connectivity index (χ0n) is 17.7. The van der Waals surface area contributed by atoms with Gasteiger partial charge in [0.1, 0.15) is 11.5 Å². The first-order chi connectivity index (χ1) is 16.7. The summed E-state index contributed by atoms with van der Waals surface area (Å²) in [7, 11) is 0. The van der Waals surface area contributed by atoms with Gasteiger partial charge in [0.15, 0.2) is 11.2 Å². The maximum atomic E-state index is 12.7. The van der Waals surface area contributed by atoms with Crippen molar-refractivity contribution in [3.8, 4) is 22.5 Å². The fraction of sp³-hybridized carbons (Fsp3) is 0.174. The summed E-state index contributed by atoms with van der Waals surface area (Å²) in [5.74, 6) is -3.23. The van der Waals surface area contributed by atoms with E-state index in [1.54, 1.807) is 47.1 Å². The minimum atomic E-state index is -5.19. The molecule has 3 heterocycles. The van der Waals surface area contributed by atoms with Crippen molar-refractivity contribution in [2.75, 3.05) is 5.32 Å². The van der Waals surface area contributed by atoms with Gasteiger partial charge in [0.05, 0.1) is 5.69 Å². The van der Waals surface area contributed by atoms with Gasteiger partial charge in [-0.05, 0) is 36.4 Å². The summed E-state index contributed by atoms with van der Waals surface area (Å²) in [6, 6.07) is 13.8. The van der Waals surface area contributed by atoms with Gasteiger partial charge in [-0.1, -0.05) is 23.7 Å². The Morgan fingerprint density at radius 2 is 1.86 bits per heavy atom. The molecule has 8 nitrogen and oxygen atoms in total. The predicted octanol–water partition coefficient (Wildman–Crippen LogP) is 4.69. The quantitative estimate of drug-likeness (QED) is 0.398. The number of benzene rings is 1. The van der Waals surface area contributed by atoms with Crippen LogP contribution in [0.1, 0.15) is 12.8 Å². The molecule has 0 saturated heterocycles. The molecule has 0 aliphatic heterocycles. The Morgan fingerprint density at radius 3 is 2.57 bits per heavy atom. The van der Waals surface area contributed by atoms with Crippen molar-refractivity contribution >= 4 is 34.9 Å². The molecule has 5 rings (SSSR count). The second-order valence-corrected chi connectivity index (χ2v) is 8.31. The van der Waals surface area contributed by atoms with Gasteiger partial charge in [-0.15, -0.1) is 0 Å². The number of hydrogen-bond acceptors (Lipinski definition) is 6. The Bertz CT molecular complexity index is 1470. The average Bonchev–Trinajstić information content (AvgIpc) is 3.50. The minimum absolute atomic E-state index is 0.0174. The van der Waals surface area contributed by atoms with Gasteiger partial charge in [0.2, 0.25) is 0 Å². The number of anilines is 1. The normalized spacial score (nSPS) is 14.5. The molecule has 1 saturated carbocycles. The fourth-order valence-electron chi connectivity index (χ4n) is 3.59. The van der Waals surface area contributed by atoms with Crippen LogP contribution in [0.5, 0.6) is 0 Å². The first-order valence-electron chi connectivity index (χ1n) is 10.3. The first kappa shape index (κ1) is 22.8. The van der Waals surface area contributed by atoms with E-state index in [9.17, 15) is 22.8 Å². The van der Waals surface area contributed by atoms with E-state index in [4.69, 9.17) is 11.6 Å². The second kappa shape index (κ2) is 8.35. The maximum absolute atomic E-state index is 12.7. The highest BCUT2D eigenvalue weighted by Gasteiger charge is 2.58. The van der Waals surface area contributed by atoms with Crippen molar-refractivity contribution in [2.45, 2.75) is 24.6 Å². The van der Waals surface area contributed by atoms with Gasteiger partial charge in [0, 0.05) is 41.4 Å². The number of carbonyl (C=O) groups is 2. The van der Waals surface area contributed by atoms with Crippen LogP contribution >= 0.6 is 11.6 Å². The van der Waals surface area contributed by atoms with Crippen molar-refractivity contribution in [3.05, 3.63) is 65.9 Å². The van der Waals surface area contributed by atoms with Crippen molar-refractivity contribution in [3.63, 3.8) is 0 Å². The SMILES string of the molecule is O=C(OC1(C(=O)Nc2cc(-c3c(-c4cccc(Cl)c4)nc4cccnn34)ccn2)CC1)C(F)(F)F. The van der Waals surface area contributed by atoms with E-state index < -0.39 is 23.7 Å². The topological polar surface area (TPSA) is 98.5 Å². The summed E-state index contributed by atoms with van der Waals surface area (Å²) in [5, 5.41) is 7.34. The smallest absolute Gasteiger partial charge is 0.442 e. The minimum Gasteiger partial charge on any atom is -0.442 e. The number of esters is 1. The molecule has 1 aromatic carbocycles. The van der Waals surface area contributed by atoms with Crippen LogP contribution in [-0.4, -0.2) is 43.2 Å². The van der Waals surface area contributed by atoms with Gasteiger partial charge in [0.25, 0.3) is 5.91 Å². The summed E-state index contributed by atoms with van der Waals surface area (Å²) in [4.78, 5) is 32.6. The van der Waals surface area contributed by atoms with Gasteiger partial charge < -0.3 is 10.1 Å². The number of imidazole rings is 1. The number of amides is 1. The number of aromatic nitrogens is 4. The maximum Gasteiger partial charge on any atom is 0.490 e. The molecule has 1 aliphatic rings. The van der Waals surface area contributed by atoms with Crippen LogP contribution in [-0.2, 0) is 14.3 Å². The van der Waals surface area contributed by atoms with E-state index in [0.29, 0.717) is 27.6 Å². The molecule has 1 aliphatic carbocycles. The van der Waals surface area contributed by atoms with Crippen LogP contribution in [0, 0.1) is 0 Å². The molecule has 12 heteroatoms. The number of rotatable bonds is 5. The lowest BCUT2D eigenvalue weighted by molar-refractivity contribution is -0.206. The average molecular weight is 502 g/mol. The summed E-state index contributed by atoms with van der Waals surface area (Å²) in [5.41, 5.74) is 1.18. The van der Waals surface area contributed by atoms with E-state index >= 15 is 0 Å². The Morgan fingerprint density at radius 1 is 1.06 bits per heavy atom. The van der Waals surface area contributed by atoms with E-state index in [1.807, 2.05) is 6.07 Å². The largest absolute Gasteiger partial charge is 0.490 e. The molecule has 35 heavy (non-hydrogen) atoms. The molecule has 0 spiro atoms. The molecular formula is C23H15ClF3N5O3. The third-order valence-corrected chi connectivity index (χ3v) is 5.64. The molecule has 0 bridgehead atoms. The number of nitrogens with one attached hydrogen (secondary N) is 1. The molecule has 1 amide bonds. The highest BCUT2D eigenvalue weighted by Crippen LogP contribution is 2.42. The standard InChI is InChI=1S/C23H15ClF3N5O3/c24-15-4-1-3-13(11-15)18-19(32-17(31-18)5-2-9-29-32)14-6-10-28-16(12-14)30-20(33)22(7-8-22)35-21(34)23(25,26)27/h1-6,9-12H,7-8H2,(H,28,30,33). The van der Waals surface area contributed by atoms with Crippen LogP contribution in [0.15, 0.2) is 60.9 Å². The van der Waals surface area contributed by atoms with Crippen molar-refractivity contribution < 1.29 is 27.5 Å². The lowest BCUT2D eigenvalue weighted by atomic mass is 10.1. The summed E-state index contributed by atoms with van der Waals surface area (Å²) in [6.45, 7) is 0. The number of hydrogen-bond donors (Lipinski definition) is 1. The molecular weight excluding hydrogens is 487 g/mol. The van der Waals surface area contributed by atoms with Crippen LogP contribution in [0.25, 0.3) is 28.2 Å². The molecule has 178 valence electrons. The highest BCUT2D eigenvalue weighted by atomic mass is 35.5. The summed E-state index contributed by atoms with van der Waals surface area (Å²) in [6.07, 6.45) is -2.21. The van der Waals surface area contributed by atoms with E-state index in [1.165, 1.54) is 12.3 Å². The predicted molar refractivity (Wildman–Crippen MR) is 119 cm³/mol. The Balaban J connectivity index is 1.49. The van der Waals surface area contributed by atoms with Gasteiger partial charge >= 0.3 is 12.1 Å². The molecule has 4 aromatic rings. The van der Waals surface area contributed by atoms with Crippen LogP contribution in [0.3, 0.4) is 0 Å². The van der Waals surface area contributed by atoms with Crippen molar-refractivity contribution in [2.24, 2.45) is 0 Å². The van der Waals surface area contributed by atoms with Crippen molar-refractivity contribution in [1.29, 1.82) is 0 Å². The number of fused-ring (bicyclic) bond motifs is 1. The molecule has 0 atom stereocenters. The number of pyridine rings is 1. The number of alkyl halides is 3. The third-order valence-electron chi connectivity index (χ3n) is 5.40. The number of halogens is 4. The van der Waals surface area contributed by atoms with E-state index in [2.05, 4.69) is 25.1 Å². The van der Waals surface area contributed by atoms with Crippen LogP contribution < -0.4 is 5.32 Å². The number of carbonyl (C=O) groups excluding carboxylic acids is 2. The van der Waals surface area contributed by atoms with Crippen LogP contribution in [0.4, 0.5) is 19.0 Å². The lowest BCUT2D eigenvalue weighted by Crippen LogP contribution is -2.39. The van der Waals surface area contributed by atoms with E-state index in [0.717, 1.165) is 5.56 Å². The molecule has 0 radical (unpaired) electrons. The number of nitrogens with zero attached hydrogens (tertiary/aromatic N) is 4. The van der Waals surface area contributed by atoms with Crippen molar-refractivity contribution in [1.82, 2.24) is 19.6 Å². The number of ether oxygens (including phenoxy) is 1. The van der Waals surface area contributed by atoms with E-state index in [-0.39, 0.29) is 18.7 Å². The molecule has 0 unspecified atom stereocenters. The highest BCUT2D eigenvalue weighted by molar-refractivity contribution is 6.30. The Kier molecular flexibility index (Phi) is 5.43. The van der Waals surface area contributed by atoms with Gasteiger partial charge in [-0.25, -0.2) is 19.3 Å². The monoisotopic (exact) mass is 501 g/mol. The third kappa shape index (κ3) is 4.42. The molecule has 1 N–H and O–H groups in total. The lowest BCUT2D eigenvalue weighted by Gasteiger charge is -2.17. The molecule has 3 aromatic heterocycles. The van der Waals surface area contributed by atoms with Gasteiger partial charge in [-0.3, -0.25) is 4.79 Å². The fourth-order valence-corrected chi connectivity index (χ4v) is 3.78. The zero-order valence-corrected chi connectivity index (χ0v) is 18.5. The second-order valence-electron chi connectivity index (χ2n) is 7.88. The zero-order chi connectivity index (χ0) is 24.8. The molecule has 1 fully saturated rings. The Hall–Kier alpha value is -3.99.